The van der Waals surface area contributed by atoms with Crippen LogP contribution in [0.3, 0.4) is 0 Å². The highest BCUT2D eigenvalue weighted by Gasteiger charge is 2.20. The van der Waals surface area contributed by atoms with E-state index in [-0.39, 0.29) is 0 Å². The fourth-order valence-corrected chi connectivity index (χ4v) is 2.68. The predicted molar refractivity (Wildman–Crippen MR) is 66.7 cm³/mol. The summed E-state index contributed by atoms with van der Waals surface area (Å²) in [5, 5.41) is 0. The van der Waals surface area contributed by atoms with Crippen molar-refractivity contribution in [2.75, 3.05) is 0 Å². The van der Waals surface area contributed by atoms with Crippen molar-refractivity contribution in [1.29, 1.82) is 0 Å². The second-order valence-corrected chi connectivity index (χ2v) is 5.20. The van der Waals surface area contributed by atoms with Gasteiger partial charge in [-0.1, -0.05) is 33.1 Å². The molecule has 1 aliphatic rings. The minimum atomic E-state index is 0.755. The highest BCUT2D eigenvalue weighted by Crippen LogP contribution is 2.39. The van der Waals surface area contributed by atoms with Gasteiger partial charge in [-0.05, 0) is 18.3 Å². The van der Waals surface area contributed by atoms with Crippen molar-refractivity contribution in [3.63, 3.8) is 0 Å². The van der Waals surface area contributed by atoms with Gasteiger partial charge in [-0.2, -0.15) is 12.1 Å². The highest BCUT2D eigenvalue weighted by molar-refractivity contribution is 5.69. The van der Waals surface area contributed by atoms with Gasteiger partial charge in [0.25, 0.3) is 0 Å². The average Bonchev–Trinajstić information content (AvgIpc) is 2.69. The molecule has 2 rings (SSSR count). The Labute approximate surface area is 93.4 Å². The normalized spacial score (nSPS) is 26.8. The topological polar surface area (TPSA) is 0 Å². The van der Waals surface area contributed by atoms with Crippen molar-refractivity contribution in [2.24, 2.45) is 17.8 Å². The van der Waals surface area contributed by atoms with Gasteiger partial charge in [0.2, 0.25) is 0 Å². The second kappa shape index (κ2) is 4.30. The molecule has 1 aliphatic carbocycles. The molecule has 0 aliphatic heterocycles. The zero-order valence-corrected chi connectivity index (χ0v) is 10.0. The molecule has 0 nitrogen and oxygen atoms in total. The van der Waals surface area contributed by atoms with E-state index < -0.39 is 0 Å². The van der Waals surface area contributed by atoms with E-state index >= 15 is 0 Å². The Morgan fingerprint density at radius 3 is 2.47 bits per heavy atom. The fraction of sp³-hybridized carbons (Fsp3) is 0.533. The molecule has 1 aromatic carbocycles. The molecular formula is C15H21-. The lowest BCUT2D eigenvalue weighted by Gasteiger charge is -2.33. The van der Waals surface area contributed by atoms with Crippen LogP contribution in [0.15, 0.2) is 30.3 Å². The van der Waals surface area contributed by atoms with Gasteiger partial charge in [-0.25, -0.2) is 0 Å². The summed E-state index contributed by atoms with van der Waals surface area (Å²) in [6.07, 6.45) is 5.20. The summed E-state index contributed by atoms with van der Waals surface area (Å²) in [5.41, 5.74) is 3.04. The Bertz CT molecular complexity index is 327. The van der Waals surface area contributed by atoms with Gasteiger partial charge in [0.15, 0.2) is 0 Å². The molecule has 0 radical (unpaired) electrons. The van der Waals surface area contributed by atoms with Crippen LogP contribution >= 0.6 is 0 Å². The molecule has 82 valence electrons. The Morgan fingerprint density at radius 2 is 1.87 bits per heavy atom. The van der Waals surface area contributed by atoms with Crippen LogP contribution in [0, 0.1) is 17.8 Å². The molecular weight excluding hydrogens is 180 g/mol. The van der Waals surface area contributed by atoms with Gasteiger partial charge >= 0.3 is 0 Å². The van der Waals surface area contributed by atoms with Gasteiger partial charge < -0.3 is 0 Å². The molecule has 0 fully saturated rings. The van der Waals surface area contributed by atoms with Crippen LogP contribution in [0.1, 0.15) is 39.2 Å². The summed E-state index contributed by atoms with van der Waals surface area (Å²) in [6, 6.07) is 8.79. The lowest BCUT2D eigenvalue weighted by atomic mass is 9.75. The third-order valence-electron chi connectivity index (χ3n) is 3.60. The third-order valence-corrected chi connectivity index (χ3v) is 3.60. The summed E-state index contributed by atoms with van der Waals surface area (Å²) in [6.45, 7) is 7.02. The summed E-state index contributed by atoms with van der Waals surface area (Å²) < 4.78 is 0. The van der Waals surface area contributed by atoms with Crippen molar-refractivity contribution < 1.29 is 0 Å². The monoisotopic (exact) mass is 201 g/mol. The molecule has 1 unspecified atom stereocenters. The van der Waals surface area contributed by atoms with Crippen molar-refractivity contribution >= 4 is 5.57 Å². The lowest BCUT2D eigenvalue weighted by Crippen LogP contribution is -2.16. The van der Waals surface area contributed by atoms with Gasteiger partial charge in [0.1, 0.15) is 0 Å². The van der Waals surface area contributed by atoms with E-state index in [1.165, 1.54) is 18.4 Å². The largest absolute Gasteiger partial charge is 0.174 e. The smallest absolute Gasteiger partial charge is 0.0307 e. The SMILES string of the molecule is CC1C=C([c-]2cccc2)[C@H](C(C)C)CC1. The molecule has 0 saturated carbocycles. The molecule has 1 aromatic rings. The first-order valence-electron chi connectivity index (χ1n) is 6.12. The highest BCUT2D eigenvalue weighted by atomic mass is 14.3. The molecule has 0 heterocycles. The van der Waals surface area contributed by atoms with Crippen molar-refractivity contribution in [1.82, 2.24) is 0 Å². The van der Waals surface area contributed by atoms with Gasteiger partial charge in [0.05, 0.1) is 0 Å². The van der Waals surface area contributed by atoms with E-state index in [4.69, 9.17) is 0 Å². The van der Waals surface area contributed by atoms with Gasteiger partial charge in [-0.3, -0.25) is 0 Å². The Balaban J connectivity index is 2.31. The zero-order valence-electron chi connectivity index (χ0n) is 10.0. The molecule has 0 saturated heterocycles. The van der Waals surface area contributed by atoms with Crippen molar-refractivity contribution in [3.8, 4) is 0 Å². The van der Waals surface area contributed by atoms with Crippen LogP contribution in [-0.2, 0) is 0 Å². The molecule has 2 atom stereocenters. The maximum absolute atomic E-state index is 2.49. The summed E-state index contributed by atoms with van der Waals surface area (Å²) >= 11 is 0. The molecule has 0 aromatic heterocycles. The third kappa shape index (κ3) is 2.19. The first-order chi connectivity index (χ1) is 7.18. The first kappa shape index (κ1) is 10.6. The number of rotatable bonds is 2. The van der Waals surface area contributed by atoms with Crippen molar-refractivity contribution in [2.45, 2.75) is 33.6 Å². The maximum atomic E-state index is 2.49. The first-order valence-corrected chi connectivity index (χ1v) is 6.12. The Hall–Kier alpha value is -0.910. The van der Waals surface area contributed by atoms with Crippen LogP contribution in [-0.4, -0.2) is 0 Å². The van der Waals surface area contributed by atoms with E-state index in [2.05, 4.69) is 51.1 Å². The predicted octanol–water partition coefficient (Wildman–Crippen LogP) is 4.49. The maximum Gasteiger partial charge on any atom is -0.0307 e. The molecule has 0 amide bonds. The lowest BCUT2D eigenvalue weighted by molar-refractivity contribution is 0.397. The molecule has 0 N–H and O–H groups in total. The summed E-state index contributed by atoms with van der Waals surface area (Å²) in [5.74, 6) is 2.28. The van der Waals surface area contributed by atoms with E-state index in [0.717, 1.165) is 17.8 Å². The quantitative estimate of drug-likeness (QED) is 0.618. The van der Waals surface area contributed by atoms with E-state index in [1.807, 2.05) is 0 Å². The van der Waals surface area contributed by atoms with Crippen molar-refractivity contribution in [3.05, 3.63) is 35.9 Å². The Morgan fingerprint density at radius 1 is 1.20 bits per heavy atom. The number of hydrogen-bond donors (Lipinski definition) is 0. The molecule has 0 bridgehead atoms. The van der Waals surface area contributed by atoms with Crippen LogP contribution < -0.4 is 0 Å². The fourth-order valence-electron chi connectivity index (χ4n) is 2.68. The summed E-state index contributed by atoms with van der Waals surface area (Å²) in [7, 11) is 0. The molecule has 0 spiro atoms. The van der Waals surface area contributed by atoms with Gasteiger partial charge in [0, 0.05) is 0 Å². The number of allylic oxidation sites excluding steroid dienone is 2. The molecule has 0 heteroatoms. The van der Waals surface area contributed by atoms with Crippen LogP contribution in [0.4, 0.5) is 0 Å². The summed E-state index contributed by atoms with van der Waals surface area (Å²) in [4.78, 5) is 0. The van der Waals surface area contributed by atoms with E-state index in [1.54, 1.807) is 5.57 Å². The number of hydrogen-bond acceptors (Lipinski definition) is 0. The minimum Gasteiger partial charge on any atom is -0.174 e. The van der Waals surface area contributed by atoms with E-state index in [9.17, 15) is 0 Å². The average molecular weight is 201 g/mol. The molecule has 15 heavy (non-hydrogen) atoms. The zero-order chi connectivity index (χ0) is 10.8. The second-order valence-electron chi connectivity index (χ2n) is 5.20. The van der Waals surface area contributed by atoms with E-state index in [0.29, 0.717) is 0 Å². The van der Waals surface area contributed by atoms with Crippen LogP contribution in [0.5, 0.6) is 0 Å². The Kier molecular flexibility index (Phi) is 3.04. The minimum absolute atomic E-state index is 0.755. The standard InChI is InChI=1S/C15H21/c1-11(2)14-9-8-12(3)10-15(14)13-6-4-5-7-13/h4-7,10-12,14H,8-9H2,1-3H3/q-1/t12?,14-/m0/s1. The van der Waals surface area contributed by atoms with Crippen LogP contribution in [0.25, 0.3) is 5.57 Å². The van der Waals surface area contributed by atoms with Crippen LogP contribution in [0.2, 0.25) is 0 Å². The van der Waals surface area contributed by atoms with Gasteiger partial charge in [-0.15, -0.1) is 29.3 Å².